The number of anilines is 1. The average molecular weight is 296 g/mol. The Kier molecular flexibility index (Phi) is 3.21. The number of aromatic nitrogens is 2. The lowest BCUT2D eigenvalue weighted by Gasteiger charge is -2.39. The van der Waals surface area contributed by atoms with Crippen LogP contribution in [0.2, 0.25) is 5.28 Å². The number of aryl methyl sites for hydroxylation is 1. The maximum Gasteiger partial charge on any atom is 0.224 e. The number of ether oxygens (including phenoxy) is 1. The smallest absolute Gasteiger partial charge is 0.224 e. The highest BCUT2D eigenvalue weighted by molar-refractivity contribution is 6.28. The Labute approximate surface area is 123 Å². The number of methoxy groups -OCH3 is 1. The fourth-order valence-electron chi connectivity index (χ4n) is 3.30. The topological polar surface area (TPSA) is 55.3 Å². The molecule has 0 amide bonds. The van der Waals surface area contributed by atoms with E-state index in [1.54, 1.807) is 7.11 Å². The van der Waals surface area contributed by atoms with E-state index in [2.05, 4.69) is 14.9 Å². The molecule has 0 aromatic carbocycles. The van der Waals surface area contributed by atoms with Crippen molar-refractivity contribution in [3.63, 3.8) is 0 Å². The van der Waals surface area contributed by atoms with Crippen LogP contribution in [0.1, 0.15) is 31.5 Å². The zero-order valence-electron chi connectivity index (χ0n) is 11.9. The second kappa shape index (κ2) is 4.67. The van der Waals surface area contributed by atoms with E-state index in [0.29, 0.717) is 19.4 Å². The second-order valence-electron chi connectivity index (χ2n) is 5.64. The molecule has 5 nitrogen and oxygen atoms in total. The molecule has 3 rings (SSSR count). The zero-order valence-corrected chi connectivity index (χ0v) is 12.7. The summed E-state index contributed by atoms with van der Waals surface area (Å²) in [7, 11) is 1.68. The second-order valence-corrected chi connectivity index (χ2v) is 5.98. The summed E-state index contributed by atoms with van der Waals surface area (Å²) >= 11 is 6.04. The summed E-state index contributed by atoms with van der Waals surface area (Å²) in [6, 6.07) is 0. The van der Waals surface area contributed by atoms with E-state index in [0.717, 1.165) is 23.5 Å². The summed E-state index contributed by atoms with van der Waals surface area (Å²) in [5, 5.41) is 0.248. The van der Waals surface area contributed by atoms with Crippen LogP contribution in [0.4, 0.5) is 5.82 Å². The number of rotatable bonds is 2. The summed E-state index contributed by atoms with van der Waals surface area (Å²) in [6.07, 6.45) is 1.88. The molecule has 2 aliphatic rings. The van der Waals surface area contributed by atoms with Crippen molar-refractivity contribution >= 4 is 23.2 Å². The van der Waals surface area contributed by atoms with Crippen molar-refractivity contribution in [2.24, 2.45) is 0 Å². The summed E-state index contributed by atoms with van der Waals surface area (Å²) in [4.78, 5) is 23.3. The van der Waals surface area contributed by atoms with Gasteiger partial charge in [0, 0.05) is 32.1 Å². The molecule has 1 aromatic heterocycles. The van der Waals surface area contributed by atoms with E-state index in [4.69, 9.17) is 16.3 Å². The first-order chi connectivity index (χ1) is 9.49. The van der Waals surface area contributed by atoms with Crippen molar-refractivity contribution < 1.29 is 9.53 Å². The largest absolute Gasteiger partial charge is 0.380 e. The number of halogens is 1. The van der Waals surface area contributed by atoms with Gasteiger partial charge in [-0.15, -0.1) is 0 Å². The van der Waals surface area contributed by atoms with Gasteiger partial charge in [0.1, 0.15) is 11.4 Å². The molecular weight excluding hydrogens is 278 g/mol. The molecule has 2 atom stereocenters. The number of carbonyl (C=O) groups excluding carboxylic acids is 1. The van der Waals surface area contributed by atoms with E-state index in [1.807, 2.05) is 13.8 Å². The third kappa shape index (κ3) is 1.84. The van der Waals surface area contributed by atoms with Crippen molar-refractivity contribution in [1.82, 2.24) is 9.97 Å². The molecule has 3 heterocycles. The molecule has 0 radical (unpaired) electrons. The van der Waals surface area contributed by atoms with Crippen molar-refractivity contribution in [3.05, 3.63) is 16.5 Å². The molecule has 0 unspecified atom stereocenters. The lowest BCUT2D eigenvalue weighted by Crippen LogP contribution is -2.52. The van der Waals surface area contributed by atoms with Crippen molar-refractivity contribution in [1.29, 1.82) is 0 Å². The van der Waals surface area contributed by atoms with Gasteiger partial charge in [0.25, 0.3) is 0 Å². The van der Waals surface area contributed by atoms with E-state index in [1.165, 1.54) is 0 Å². The number of carbonyl (C=O) groups is 1. The predicted octanol–water partition coefficient (Wildman–Crippen LogP) is 1.80. The highest BCUT2D eigenvalue weighted by Gasteiger charge is 2.51. The maximum atomic E-state index is 12.6. The normalized spacial score (nSPS) is 28.5. The first-order valence-corrected chi connectivity index (χ1v) is 7.26. The van der Waals surface area contributed by atoms with Gasteiger partial charge >= 0.3 is 0 Å². The Bertz CT molecular complexity index is 578. The molecule has 6 heteroatoms. The van der Waals surface area contributed by atoms with Crippen LogP contribution in [0.15, 0.2) is 0 Å². The van der Waals surface area contributed by atoms with Gasteiger partial charge in [-0.1, -0.05) is 6.92 Å². The minimum Gasteiger partial charge on any atom is -0.380 e. The van der Waals surface area contributed by atoms with E-state index in [-0.39, 0.29) is 17.2 Å². The standard InChI is InChI=1S/C14H18ClN3O2/c1-4-10-9-5-11(19)14(2)6-8(20-3)7-18(14)12(9)17-13(15)16-10/h8H,4-7H2,1-3H3/t8-,14-/m1/s1. The minimum atomic E-state index is -0.531. The molecule has 0 N–H and O–H groups in total. The van der Waals surface area contributed by atoms with Crippen LogP contribution in [0.25, 0.3) is 0 Å². The highest BCUT2D eigenvalue weighted by atomic mass is 35.5. The van der Waals surface area contributed by atoms with Gasteiger partial charge in [-0.2, -0.15) is 0 Å². The van der Waals surface area contributed by atoms with Crippen LogP contribution in [-0.2, 0) is 22.4 Å². The Balaban J connectivity index is 2.15. The molecule has 1 fully saturated rings. The maximum absolute atomic E-state index is 12.6. The van der Waals surface area contributed by atoms with E-state index < -0.39 is 5.54 Å². The molecule has 2 aliphatic heterocycles. The molecule has 0 bridgehead atoms. The fourth-order valence-corrected chi connectivity index (χ4v) is 3.48. The van der Waals surface area contributed by atoms with Gasteiger partial charge < -0.3 is 9.64 Å². The summed E-state index contributed by atoms with van der Waals surface area (Å²) in [5.74, 6) is 1.02. The fraction of sp³-hybridized carbons (Fsp3) is 0.643. The Morgan fingerprint density at radius 3 is 2.90 bits per heavy atom. The van der Waals surface area contributed by atoms with E-state index in [9.17, 15) is 4.79 Å². The van der Waals surface area contributed by atoms with Crippen LogP contribution >= 0.6 is 11.6 Å². The number of Topliss-reactive ketones (excluding diaryl/α,β-unsaturated/α-hetero) is 1. The monoisotopic (exact) mass is 295 g/mol. The van der Waals surface area contributed by atoms with Crippen LogP contribution in [0.5, 0.6) is 0 Å². The molecule has 0 spiro atoms. The number of nitrogens with zero attached hydrogens (tertiary/aromatic N) is 3. The van der Waals surface area contributed by atoms with Crippen molar-refractivity contribution in [3.8, 4) is 0 Å². The number of ketones is 1. The highest BCUT2D eigenvalue weighted by Crippen LogP contribution is 2.42. The van der Waals surface area contributed by atoms with Gasteiger partial charge in [0.2, 0.25) is 5.28 Å². The predicted molar refractivity (Wildman–Crippen MR) is 76.3 cm³/mol. The lowest BCUT2D eigenvalue weighted by molar-refractivity contribution is -0.123. The molecule has 108 valence electrons. The average Bonchev–Trinajstić information content (AvgIpc) is 2.78. The molecule has 0 aliphatic carbocycles. The van der Waals surface area contributed by atoms with Crippen LogP contribution in [0, 0.1) is 0 Å². The number of hydrogen-bond acceptors (Lipinski definition) is 5. The lowest BCUT2D eigenvalue weighted by atomic mass is 9.84. The summed E-state index contributed by atoms with van der Waals surface area (Å²) < 4.78 is 5.45. The molecule has 0 saturated carbocycles. The van der Waals surface area contributed by atoms with Gasteiger partial charge in [-0.25, -0.2) is 9.97 Å². The summed E-state index contributed by atoms with van der Waals surface area (Å²) in [5.41, 5.74) is 1.27. The SMILES string of the molecule is CCc1nc(Cl)nc2c1CC(=O)[C@@]1(C)C[C@@H](OC)CN21. The molecule has 1 aromatic rings. The first-order valence-electron chi connectivity index (χ1n) is 6.88. The minimum absolute atomic E-state index is 0.0497. The molecular formula is C14H18ClN3O2. The number of fused-ring (bicyclic) bond motifs is 3. The zero-order chi connectivity index (χ0) is 14.5. The third-order valence-corrected chi connectivity index (χ3v) is 4.68. The Morgan fingerprint density at radius 2 is 2.25 bits per heavy atom. The summed E-state index contributed by atoms with van der Waals surface area (Å²) in [6.45, 7) is 4.65. The van der Waals surface area contributed by atoms with Crippen LogP contribution in [0.3, 0.4) is 0 Å². The quantitative estimate of drug-likeness (QED) is 0.779. The van der Waals surface area contributed by atoms with Gasteiger partial charge in [0.15, 0.2) is 5.78 Å². The van der Waals surface area contributed by atoms with Crippen LogP contribution in [-0.4, -0.2) is 41.0 Å². The van der Waals surface area contributed by atoms with Crippen LogP contribution < -0.4 is 4.90 Å². The van der Waals surface area contributed by atoms with Gasteiger partial charge in [0.05, 0.1) is 11.8 Å². The molecule has 1 saturated heterocycles. The first kappa shape index (κ1) is 13.8. The van der Waals surface area contributed by atoms with Gasteiger partial charge in [-0.05, 0) is 24.9 Å². The van der Waals surface area contributed by atoms with E-state index >= 15 is 0 Å². The Hall–Kier alpha value is -1.20. The van der Waals surface area contributed by atoms with Crippen molar-refractivity contribution in [2.45, 2.75) is 44.8 Å². The van der Waals surface area contributed by atoms with Crippen molar-refractivity contribution in [2.75, 3.05) is 18.6 Å². The number of hydrogen-bond donors (Lipinski definition) is 0. The molecule has 20 heavy (non-hydrogen) atoms. The third-order valence-electron chi connectivity index (χ3n) is 4.51. The van der Waals surface area contributed by atoms with Gasteiger partial charge in [-0.3, -0.25) is 4.79 Å². The Morgan fingerprint density at radius 1 is 1.50 bits per heavy atom.